The SMILES string of the molecule is Cc1ccccc1-c1nnn(Cc2nc3sc4c(c3c(=O)[nH]2)CCCC4)n1. The van der Waals surface area contributed by atoms with Crippen molar-refractivity contribution in [2.75, 3.05) is 0 Å². The molecule has 5 rings (SSSR count). The lowest BCUT2D eigenvalue weighted by Crippen LogP contribution is -2.16. The van der Waals surface area contributed by atoms with Gasteiger partial charge in [0.05, 0.1) is 5.39 Å². The predicted octanol–water partition coefficient (Wildman–Crippen LogP) is 2.87. The van der Waals surface area contributed by atoms with E-state index in [0.717, 1.165) is 40.6 Å². The van der Waals surface area contributed by atoms with Crippen molar-refractivity contribution >= 4 is 21.6 Å². The van der Waals surface area contributed by atoms with Crippen molar-refractivity contribution in [3.63, 3.8) is 0 Å². The number of benzene rings is 1. The molecule has 136 valence electrons. The van der Waals surface area contributed by atoms with Gasteiger partial charge >= 0.3 is 0 Å². The standard InChI is InChI=1S/C19H18N6OS/c1-11-6-2-3-7-12(11)17-22-24-25(23-17)10-15-20-18(26)16-13-8-4-5-9-14(13)27-19(16)21-15/h2-3,6-7H,4-5,8-10H2,1H3,(H,20,21,26). The molecule has 1 N–H and O–H groups in total. The molecule has 0 saturated heterocycles. The number of rotatable bonds is 3. The van der Waals surface area contributed by atoms with E-state index in [2.05, 4.69) is 25.4 Å². The van der Waals surface area contributed by atoms with Crippen LogP contribution in [-0.2, 0) is 19.4 Å². The van der Waals surface area contributed by atoms with Gasteiger partial charge in [0.2, 0.25) is 5.82 Å². The summed E-state index contributed by atoms with van der Waals surface area (Å²) in [7, 11) is 0. The summed E-state index contributed by atoms with van der Waals surface area (Å²) in [5.41, 5.74) is 3.18. The van der Waals surface area contributed by atoms with Crippen LogP contribution in [0.1, 0.15) is 34.7 Å². The van der Waals surface area contributed by atoms with E-state index >= 15 is 0 Å². The molecule has 0 bridgehead atoms. The highest BCUT2D eigenvalue weighted by Gasteiger charge is 2.20. The molecule has 0 atom stereocenters. The van der Waals surface area contributed by atoms with Gasteiger partial charge in [0.25, 0.3) is 5.56 Å². The van der Waals surface area contributed by atoms with Gasteiger partial charge in [-0.15, -0.1) is 21.5 Å². The monoisotopic (exact) mass is 378 g/mol. The highest BCUT2D eigenvalue weighted by molar-refractivity contribution is 7.18. The van der Waals surface area contributed by atoms with Gasteiger partial charge in [0, 0.05) is 10.4 Å². The van der Waals surface area contributed by atoms with Crippen LogP contribution >= 0.6 is 11.3 Å². The molecule has 1 aromatic carbocycles. The minimum absolute atomic E-state index is 0.0614. The van der Waals surface area contributed by atoms with Crippen LogP contribution < -0.4 is 5.56 Å². The maximum absolute atomic E-state index is 12.6. The molecule has 4 aromatic rings. The number of H-pyrrole nitrogens is 1. The van der Waals surface area contributed by atoms with Crippen LogP contribution in [0.4, 0.5) is 0 Å². The third-order valence-corrected chi connectivity index (χ3v) is 6.19. The van der Waals surface area contributed by atoms with Crippen LogP contribution in [0.3, 0.4) is 0 Å². The molecule has 8 heteroatoms. The number of thiophene rings is 1. The molecule has 0 spiro atoms. The van der Waals surface area contributed by atoms with E-state index < -0.39 is 0 Å². The second-order valence-corrected chi connectivity index (χ2v) is 7.95. The fourth-order valence-electron chi connectivity index (χ4n) is 3.66. The average molecular weight is 378 g/mol. The fourth-order valence-corrected chi connectivity index (χ4v) is 4.94. The maximum atomic E-state index is 12.6. The van der Waals surface area contributed by atoms with Gasteiger partial charge in [-0.3, -0.25) is 4.79 Å². The van der Waals surface area contributed by atoms with Gasteiger partial charge in [0.1, 0.15) is 17.2 Å². The summed E-state index contributed by atoms with van der Waals surface area (Å²) in [6.07, 6.45) is 4.36. The Bertz CT molecular complexity index is 1200. The van der Waals surface area contributed by atoms with Crippen LogP contribution in [0.2, 0.25) is 0 Å². The molecule has 7 nitrogen and oxygen atoms in total. The topological polar surface area (TPSA) is 89.4 Å². The van der Waals surface area contributed by atoms with E-state index in [1.54, 1.807) is 11.3 Å². The highest BCUT2D eigenvalue weighted by Crippen LogP contribution is 2.33. The zero-order valence-electron chi connectivity index (χ0n) is 14.9. The number of aryl methyl sites for hydroxylation is 3. The summed E-state index contributed by atoms with van der Waals surface area (Å²) in [6.45, 7) is 2.30. The molecule has 3 heterocycles. The smallest absolute Gasteiger partial charge is 0.259 e. The molecule has 0 fully saturated rings. The molecule has 0 radical (unpaired) electrons. The minimum Gasteiger partial charge on any atom is -0.308 e. The Labute approximate surface area is 159 Å². The van der Waals surface area contributed by atoms with Crippen LogP contribution in [0.25, 0.3) is 21.6 Å². The van der Waals surface area contributed by atoms with E-state index in [4.69, 9.17) is 0 Å². The predicted molar refractivity (Wildman–Crippen MR) is 104 cm³/mol. The normalized spacial score (nSPS) is 13.8. The fraction of sp³-hybridized carbons (Fsp3) is 0.316. The lowest BCUT2D eigenvalue weighted by Gasteiger charge is -2.09. The molecule has 0 unspecified atom stereocenters. The number of aromatic amines is 1. The first-order chi connectivity index (χ1) is 13.2. The Hall–Kier alpha value is -2.87. The van der Waals surface area contributed by atoms with Gasteiger partial charge in [0.15, 0.2) is 0 Å². The number of aromatic nitrogens is 6. The number of nitrogens with one attached hydrogen (secondary N) is 1. The van der Waals surface area contributed by atoms with Crippen molar-refractivity contribution in [3.05, 3.63) is 56.4 Å². The molecule has 0 amide bonds. The van der Waals surface area contributed by atoms with Crippen molar-refractivity contribution in [1.29, 1.82) is 0 Å². The van der Waals surface area contributed by atoms with Crippen molar-refractivity contribution in [1.82, 2.24) is 30.2 Å². The summed E-state index contributed by atoms with van der Waals surface area (Å²) in [5, 5.41) is 13.5. The third kappa shape index (κ3) is 2.86. The van der Waals surface area contributed by atoms with Crippen LogP contribution in [0, 0.1) is 6.92 Å². The number of hydrogen-bond donors (Lipinski definition) is 1. The molecular weight excluding hydrogens is 360 g/mol. The first kappa shape index (κ1) is 16.3. The second-order valence-electron chi connectivity index (χ2n) is 6.86. The molecular formula is C19H18N6OS. The largest absolute Gasteiger partial charge is 0.308 e. The maximum Gasteiger partial charge on any atom is 0.259 e. The number of nitrogens with zero attached hydrogens (tertiary/aromatic N) is 5. The first-order valence-corrected chi connectivity index (χ1v) is 9.88. The first-order valence-electron chi connectivity index (χ1n) is 9.06. The van der Waals surface area contributed by atoms with E-state index in [9.17, 15) is 4.79 Å². The Kier molecular flexibility index (Phi) is 3.86. The van der Waals surface area contributed by atoms with Crippen molar-refractivity contribution in [2.45, 2.75) is 39.2 Å². The Morgan fingerprint density at radius 3 is 2.96 bits per heavy atom. The zero-order valence-corrected chi connectivity index (χ0v) is 15.7. The molecule has 27 heavy (non-hydrogen) atoms. The Morgan fingerprint density at radius 2 is 2.07 bits per heavy atom. The van der Waals surface area contributed by atoms with E-state index in [-0.39, 0.29) is 12.1 Å². The van der Waals surface area contributed by atoms with Crippen LogP contribution in [0.5, 0.6) is 0 Å². The zero-order chi connectivity index (χ0) is 18.4. The molecule has 3 aromatic heterocycles. The van der Waals surface area contributed by atoms with Gasteiger partial charge in [-0.05, 0) is 48.9 Å². The number of fused-ring (bicyclic) bond motifs is 3. The highest BCUT2D eigenvalue weighted by atomic mass is 32.1. The molecule has 0 aliphatic heterocycles. The lowest BCUT2D eigenvalue weighted by molar-refractivity contribution is 0.555. The van der Waals surface area contributed by atoms with Gasteiger partial charge in [-0.2, -0.15) is 4.80 Å². The van der Waals surface area contributed by atoms with Crippen molar-refractivity contribution in [2.24, 2.45) is 0 Å². The van der Waals surface area contributed by atoms with Crippen molar-refractivity contribution < 1.29 is 0 Å². The van der Waals surface area contributed by atoms with E-state index in [0.29, 0.717) is 11.6 Å². The lowest BCUT2D eigenvalue weighted by atomic mass is 9.97. The summed E-state index contributed by atoms with van der Waals surface area (Å²) in [6, 6.07) is 7.92. The van der Waals surface area contributed by atoms with E-state index in [1.165, 1.54) is 21.7 Å². The Morgan fingerprint density at radius 1 is 1.22 bits per heavy atom. The van der Waals surface area contributed by atoms with Crippen molar-refractivity contribution in [3.8, 4) is 11.4 Å². The molecule has 1 aliphatic carbocycles. The second kappa shape index (κ2) is 6.38. The van der Waals surface area contributed by atoms with Gasteiger partial charge < -0.3 is 4.98 Å². The quantitative estimate of drug-likeness (QED) is 0.592. The van der Waals surface area contributed by atoms with Gasteiger partial charge in [-0.1, -0.05) is 24.3 Å². The van der Waals surface area contributed by atoms with E-state index in [1.807, 2.05) is 31.2 Å². The van der Waals surface area contributed by atoms with Crippen LogP contribution in [-0.4, -0.2) is 30.2 Å². The number of tetrazole rings is 1. The molecule has 1 aliphatic rings. The summed E-state index contributed by atoms with van der Waals surface area (Å²) < 4.78 is 0. The minimum atomic E-state index is -0.0614. The molecule has 0 saturated carbocycles. The summed E-state index contributed by atoms with van der Waals surface area (Å²) >= 11 is 1.65. The summed E-state index contributed by atoms with van der Waals surface area (Å²) in [4.78, 5) is 23.8. The third-order valence-electron chi connectivity index (χ3n) is 5.00. The Balaban J connectivity index is 1.49. The summed E-state index contributed by atoms with van der Waals surface area (Å²) in [5.74, 6) is 1.13. The van der Waals surface area contributed by atoms with Crippen LogP contribution in [0.15, 0.2) is 29.1 Å². The number of hydrogen-bond acceptors (Lipinski definition) is 6. The average Bonchev–Trinajstić information content (AvgIpc) is 3.26. The van der Waals surface area contributed by atoms with Gasteiger partial charge in [-0.25, -0.2) is 4.98 Å².